The predicted octanol–water partition coefficient (Wildman–Crippen LogP) is 2.33. The van der Waals surface area contributed by atoms with Gasteiger partial charge >= 0.3 is 5.97 Å². The number of hydrogen-bond acceptors (Lipinski definition) is 2. The summed E-state index contributed by atoms with van der Waals surface area (Å²) in [7, 11) is 0. The Morgan fingerprint density at radius 1 is 1.35 bits per heavy atom. The molecule has 2 N–H and O–H groups in total. The average Bonchev–Trinajstić information content (AvgIpc) is 2.82. The van der Waals surface area contributed by atoms with Gasteiger partial charge in [0.25, 0.3) is 0 Å². The van der Waals surface area contributed by atoms with E-state index in [1.54, 1.807) is 13.8 Å². The Labute approximate surface area is 119 Å². The smallest absolute Gasteiger partial charge is 0.309 e. The van der Waals surface area contributed by atoms with Crippen molar-refractivity contribution in [1.29, 1.82) is 0 Å². The molecule has 4 heteroatoms. The Bertz CT molecular complexity index is 522. The first-order valence-electron chi connectivity index (χ1n) is 7.01. The second-order valence-corrected chi connectivity index (χ2v) is 6.02. The van der Waals surface area contributed by atoms with Crippen molar-refractivity contribution in [2.24, 2.45) is 5.41 Å². The highest BCUT2D eigenvalue weighted by Gasteiger charge is 2.30. The number of rotatable bonds is 5. The number of amides is 1. The number of aliphatic carboxylic acids is 1. The fourth-order valence-electron chi connectivity index (χ4n) is 2.56. The van der Waals surface area contributed by atoms with E-state index in [1.807, 2.05) is 18.2 Å². The third kappa shape index (κ3) is 3.00. The van der Waals surface area contributed by atoms with Gasteiger partial charge in [0, 0.05) is 6.54 Å². The molecule has 0 fully saturated rings. The van der Waals surface area contributed by atoms with Gasteiger partial charge in [-0.15, -0.1) is 0 Å². The average molecular weight is 275 g/mol. The van der Waals surface area contributed by atoms with E-state index in [1.165, 1.54) is 5.56 Å². The number of aryl methyl sites for hydroxylation is 1. The second kappa shape index (κ2) is 5.65. The summed E-state index contributed by atoms with van der Waals surface area (Å²) in [6.45, 7) is 3.75. The number of carbonyl (C=O) groups excluding carboxylic acids is 1. The SMILES string of the molecule is CC(C)(CCNC(=O)C1CCc2ccccc21)C(=O)O. The van der Waals surface area contributed by atoms with Crippen LogP contribution in [0.5, 0.6) is 0 Å². The predicted molar refractivity (Wildman–Crippen MR) is 76.5 cm³/mol. The molecule has 1 amide bonds. The lowest BCUT2D eigenvalue weighted by molar-refractivity contribution is -0.147. The summed E-state index contributed by atoms with van der Waals surface area (Å²) in [6.07, 6.45) is 2.21. The van der Waals surface area contributed by atoms with Crippen LogP contribution >= 0.6 is 0 Å². The quantitative estimate of drug-likeness (QED) is 0.866. The molecule has 4 nitrogen and oxygen atoms in total. The minimum atomic E-state index is -0.835. The van der Waals surface area contributed by atoms with Crippen molar-refractivity contribution >= 4 is 11.9 Å². The number of fused-ring (bicyclic) bond motifs is 1. The van der Waals surface area contributed by atoms with E-state index in [2.05, 4.69) is 11.4 Å². The van der Waals surface area contributed by atoms with Crippen LogP contribution in [-0.2, 0) is 16.0 Å². The summed E-state index contributed by atoms with van der Waals surface area (Å²) in [5.74, 6) is -0.909. The largest absolute Gasteiger partial charge is 0.481 e. The van der Waals surface area contributed by atoms with Crippen LogP contribution in [0.2, 0.25) is 0 Å². The van der Waals surface area contributed by atoms with E-state index < -0.39 is 11.4 Å². The highest BCUT2D eigenvalue weighted by Crippen LogP contribution is 2.32. The number of hydrogen-bond donors (Lipinski definition) is 2. The molecule has 0 spiro atoms. The van der Waals surface area contributed by atoms with E-state index in [0.29, 0.717) is 13.0 Å². The van der Waals surface area contributed by atoms with Gasteiger partial charge in [0.2, 0.25) is 5.91 Å². The molecule has 2 rings (SSSR count). The highest BCUT2D eigenvalue weighted by molar-refractivity contribution is 5.85. The fourth-order valence-corrected chi connectivity index (χ4v) is 2.56. The van der Waals surface area contributed by atoms with Crippen LogP contribution in [-0.4, -0.2) is 23.5 Å². The molecular formula is C16H21NO3. The lowest BCUT2D eigenvalue weighted by Gasteiger charge is -2.20. The Balaban J connectivity index is 1.90. The highest BCUT2D eigenvalue weighted by atomic mass is 16.4. The molecule has 0 radical (unpaired) electrons. The van der Waals surface area contributed by atoms with Crippen molar-refractivity contribution in [3.05, 3.63) is 35.4 Å². The monoisotopic (exact) mass is 275 g/mol. The lowest BCUT2D eigenvalue weighted by atomic mass is 9.89. The molecular weight excluding hydrogens is 254 g/mol. The summed E-state index contributed by atoms with van der Waals surface area (Å²) < 4.78 is 0. The Morgan fingerprint density at radius 3 is 2.75 bits per heavy atom. The molecule has 0 bridgehead atoms. The van der Waals surface area contributed by atoms with Crippen LogP contribution < -0.4 is 5.32 Å². The van der Waals surface area contributed by atoms with Crippen LogP contribution in [0.3, 0.4) is 0 Å². The first-order valence-corrected chi connectivity index (χ1v) is 7.01. The lowest BCUT2D eigenvalue weighted by Crippen LogP contribution is -2.34. The first kappa shape index (κ1) is 14.6. The van der Waals surface area contributed by atoms with Crippen molar-refractivity contribution in [3.63, 3.8) is 0 Å². The van der Waals surface area contributed by atoms with Gasteiger partial charge in [-0.1, -0.05) is 24.3 Å². The molecule has 0 aliphatic heterocycles. The minimum Gasteiger partial charge on any atom is -0.481 e. The maximum atomic E-state index is 12.2. The van der Waals surface area contributed by atoms with E-state index in [0.717, 1.165) is 18.4 Å². The molecule has 108 valence electrons. The number of benzene rings is 1. The summed E-state index contributed by atoms with van der Waals surface area (Å²) in [6, 6.07) is 8.02. The summed E-state index contributed by atoms with van der Waals surface area (Å²) in [5, 5.41) is 11.9. The molecule has 1 unspecified atom stereocenters. The molecule has 1 aromatic rings. The molecule has 20 heavy (non-hydrogen) atoms. The van der Waals surface area contributed by atoms with Crippen molar-refractivity contribution in [2.45, 2.75) is 39.0 Å². The maximum absolute atomic E-state index is 12.2. The third-order valence-corrected chi connectivity index (χ3v) is 4.08. The van der Waals surface area contributed by atoms with Gasteiger partial charge < -0.3 is 10.4 Å². The van der Waals surface area contributed by atoms with Crippen LogP contribution in [0.25, 0.3) is 0 Å². The van der Waals surface area contributed by atoms with Crippen molar-refractivity contribution in [1.82, 2.24) is 5.32 Å². The van der Waals surface area contributed by atoms with Gasteiger partial charge in [0.05, 0.1) is 11.3 Å². The zero-order valence-electron chi connectivity index (χ0n) is 12.0. The Hall–Kier alpha value is -1.84. The first-order chi connectivity index (χ1) is 9.42. The van der Waals surface area contributed by atoms with Crippen LogP contribution in [0.4, 0.5) is 0 Å². The summed E-state index contributed by atoms with van der Waals surface area (Å²) in [5.41, 5.74) is 1.56. The topological polar surface area (TPSA) is 66.4 Å². The van der Waals surface area contributed by atoms with Crippen molar-refractivity contribution in [2.75, 3.05) is 6.54 Å². The van der Waals surface area contributed by atoms with E-state index in [-0.39, 0.29) is 11.8 Å². The third-order valence-electron chi connectivity index (χ3n) is 4.08. The molecule has 0 aromatic heterocycles. The van der Waals surface area contributed by atoms with Crippen LogP contribution in [0.15, 0.2) is 24.3 Å². The molecule has 1 aliphatic rings. The molecule has 0 saturated heterocycles. The van der Waals surface area contributed by atoms with Crippen LogP contribution in [0, 0.1) is 5.41 Å². The summed E-state index contributed by atoms with van der Waals surface area (Å²) in [4.78, 5) is 23.2. The van der Waals surface area contributed by atoms with Gasteiger partial charge in [-0.05, 0) is 44.2 Å². The van der Waals surface area contributed by atoms with Crippen molar-refractivity contribution in [3.8, 4) is 0 Å². The number of carboxylic acid groups (broad SMARTS) is 1. The van der Waals surface area contributed by atoms with E-state index >= 15 is 0 Å². The molecule has 1 aromatic carbocycles. The Kier molecular flexibility index (Phi) is 4.12. The minimum absolute atomic E-state index is 0.0103. The zero-order valence-corrected chi connectivity index (χ0v) is 12.0. The van der Waals surface area contributed by atoms with Gasteiger partial charge in [0.15, 0.2) is 0 Å². The molecule has 1 aliphatic carbocycles. The molecule has 0 heterocycles. The van der Waals surface area contributed by atoms with E-state index in [4.69, 9.17) is 5.11 Å². The maximum Gasteiger partial charge on any atom is 0.309 e. The second-order valence-electron chi connectivity index (χ2n) is 6.02. The van der Waals surface area contributed by atoms with Gasteiger partial charge in [-0.3, -0.25) is 9.59 Å². The number of carboxylic acids is 1. The van der Waals surface area contributed by atoms with E-state index in [9.17, 15) is 9.59 Å². The fraction of sp³-hybridized carbons (Fsp3) is 0.500. The van der Waals surface area contributed by atoms with Gasteiger partial charge in [-0.25, -0.2) is 0 Å². The zero-order chi connectivity index (χ0) is 14.8. The van der Waals surface area contributed by atoms with Gasteiger partial charge in [0.1, 0.15) is 0 Å². The van der Waals surface area contributed by atoms with Crippen molar-refractivity contribution < 1.29 is 14.7 Å². The normalized spacial score (nSPS) is 17.6. The standard InChI is InChI=1S/C16H21NO3/c1-16(2,15(19)20)9-10-17-14(18)13-8-7-11-5-3-4-6-12(11)13/h3-6,13H,7-10H2,1-2H3,(H,17,18)(H,19,20). The summed E-state index contributed by atoms with van der Waals surface area (Å²) >= 11 is 0. The Morgan fingerprint density at radius 2 is 2.05 bits per heavy atom. The van der Waals surface area contributed by atoms with Crippen LogP contribution in [0.1, 0.15) is 43.7 Å². The molecule has 1 atom stereocenters. The number of nitrogens with one attached hydrogen (secondary N) is 1. The molecule has 0 saturated carbocycles. The number of carbonyl (C=O) groups is 2. The van der Waals surface area contributed by atoms with Gasteiger partial charge in [-0.2, -0.15) is 0 Å².